The highest BCUT2D eigenvalue weighted by Crippen LogP contribution is 2.52. The molecule has 1 aromatic carbocycles. The van der Waals surface area contributed by atoms with Gasteiger partial charge in [-0.15, -0.1) is 10.2 Å². The van der Waals surface area contributed by atoms with Gasteiger partial charge in [0.25, 0.3) is 5.56 Å². The second-order valence-electron chi connectivity index (χ2n) is 15.3. The number of aryl methyl sites for hydroxylation is 1. The van der Waals surface area contributed by atoms with Crippen molar-refractivity contribution in [3.05, 3.63) is 69.2 Å². The Bertz CT molecular complexity index is 1780. The highest BCUT2D eigenvalue weighted by Gasteiger charge is 2.48. The van der Waals surface area contributed by atoms with E-state index >= 15 is 0 Å². The van der Waals surface area contributed by atoms with Gasteiger partial charge in [-0.25, -0.2) is 0 Å². The van der Waals surface area contributed by atoms with Gasteiger partial charge in [0.2, 0.25) is 0 Å². The minimum atomic E-state index is -1.27. The Balaban J connectivity index is 1.47. The average molecular weight is 679 g/mol. The lowest BCUT2D eigenvalue weighted by Gasteiger charge is -2.46. The molecular weight excluding hydrogens is 628 g/mol. The number of benzene rings is 1. The first kappa shape index (κ1) is 34.0. The van der Waals surface area contributed by atoms with Crippen molar-refractivity contribution < 1.29 is 9.47 Å². The van der Waals surface area contributed by atoms with Gasteiger partial charge in [-0.2, -0.15) is 0 Å². The Hall–Kier alpha value is -2.92. The quantitative estimate of drug-likeness (QED) is 0.116. The van der Waals surface area contributed by atoms with E-state index in [1.54, 1.807) is 17.1 Å². The Morgan fingerprint density at radius 1 is 1.11 bits per heavy atom. The number of halogens is 1. The Morgan fingerprint density at radius 2 is 1.89 bits per heavy atom. The number of piperidine rings is 1. The molecule has 0 spiro atoms. The van der Waals surface area contributed by atoms with E-state index in [4.69, 9.17) is 21.1 Å². The van der Waals surface area contributed by atoms with E-state index in [9.17, 15) is 4.79 Å². The summed E-state index contributed by atoms with van der Waals surface area (Å²) in [6, 6.07) is 9.32. The van der Waals surface area contributed by atoms with E-state index in [0.717, 1.165) is 66.7 Å². The van der Waals surface area contributed by atoms with Crippen molar-refractivity contribution in [2.45, 2.75) is 90.8 Å². The van der Waals surface area contributed by atoms with Crippen molar-refractivity contribution in [2.75, 3.05) is 26.3 Å². The maximum atomic E-state index is 14.7. The number of hydrogen-bond acceptors (Lipinski definition) is 6. The predicted molar refractivity (Wildman–Crippen MR) is 192 cm³/mol. The minimum absolute atomic E-state index is 0.120. The molecule has 4 aromatic rings. The second-order valence-corrected chi connectivity index (χ2v) is 21.3. The summed E-state index contributed by atoms with van der Waals surface area (Å²) in [5.74, 6) is 2.85. The van der Waals surface area contributed by atoms with Crippen LogP contribution in [0.4, 0.5) is 0 Å². The summed E-state index contributed by atoms with van der Waals surface area (Å²) < 4.78 is 18.2. The van der Waals surface area contributed by atoms with Gasteiger partial charge in [0.1, 0.15) is 30.1 Å². The molecule has 9 nitrogen and oxygen atoms in total. The standard InChI is InChI=1S/C36H51ClN6O3Si/c1-8-46-30-15-27(36(18-26(3)19-36)35-39-38-23-40(35)4)14-28(16-30)42-22-32(37)31-17-29(21-41-11-9-10-25(2)20-41)43(33(31)34(42)44)24-45-12-13-47(5,6)7/h14-17,22-23,25-26H,8-13,18-21,24H2,1-7H3/t25-,26?,36?/m0/s1. The van der Waals surface area contributed by atoms with Crippen molar-refractivity contribution in [3.8, 4) is 11.4 Å². The van der Waals surface area contributed by atoms with Crippen LogP contribution in [0.2, 0.25) is 30.7 Å². The van der Waals surface area contributed by atoms with Crippen LogP contribution in [0.5, 0.6) is 5.75 Å². The van der Waals surface area contributed by atoms with E-state index in [1.165, 1.54) is 12.8 Å². The molecule has 6 rings (SSSR count). The third-order valence-corrected chi connectivity index (χ3v) is 12.0. The van der Waals surface area contributed by atoms with E-state index in [2.05, 4.69) is 71.4 Å². The first-order valence-corrected chi connectivity index (χ1v) is 21.3. The van der Waals surface area contributed by atoms with Crippen LogP contribution in [-0.2, 0) is 30.5 Å². The second kappa shape index (κ2) is 13.5. The van der Waals surface area contributed by atoms with Crippen molar-refractivity contribution in [2.24, 2.45) is 18.9 Å². The molecule has 11 heteroatoms. The number of aromatic nitrogens is 5. The smallest absolute Gasteiger partial charge is 0.279 e. The Kier molecular flexibility index (Phi) is 9.78. The monoisotopic (exact) mass is 678 g/mol. The van der Waals surface area contributed by atoms with Gasteiger partial charge >= 0.3 is 0 Å². The maximum Gasteiger partial charge on any atom is 0.279 e. The molecule has 0 amide bonds. The number of nitrogens with zero attached hydrogens (tertiary/aromatic N) is 6. The normalized spacial score (nSPS) is 22.1. The van der Waals surface area contributed by atoms with Crippen LogP contribution in [0.3, 0.4) is 0 Å². The molecular formula is C36H51ClN6O3Si. The molecule has 0 unspecified atom stereocenters. The molecule has 1 atom stereocenters. The van der Waals surface area contributed by atoms with Crippen LogP contribution < -0.4 is 10.3 Å². The van der Waals surface area contributed by atoms with Crippen LogP contribution in [0, 0.1) is 11.8 Å². The van der Waals surface area contributed by atoms with Crippen LogP contribution in [0.1, 0.15) is 63.5 Å². The largest absolute Gasteiger partial charge is 0.494 e. The van der Waals surface area contributed by atoms with E-state index in [0.29, 0.717) is 48.1 Å². The van der Waals surface area contributed by atoms with Gasteiger partial charge in [-0.05, 0) is 80.8 Å². The topological polar surface area (TPSA) is 79.3 Å². The number of ether oxygens (including phenoxy) is 2. The summed E-state index contributed by atoms with van der Waals surface area (Å²) in [4.78, 5) is 17.2. The molecule has 1 aliphatic carbocycles. The van der Waals surface area contributed by atoms with Gasteiger partial charge in [-0.3, -0.25) is 14.3 Å². The highest BCUT2D eigenvalue weighted by atomic mass is 35.5. The first-order chi connectivity index (χ1) is 22.4. The zero-order valence-electron chi connectivity index (χ0n) is 29.2. The van der Waals surface area contributed by atoms with Gasteiger partial charge < -0.3 is 18.6 Å². The molecule has 1 saturated carbocycles. The SMILES string of the molecule is CCOc1cc(-n2cc(Cl)c3cc(CN4CCC[C@H](C)C4)n(COCC[Si](C)(C)C)c3c2=O)cc(C2(c3nncn3C)CC(C)C2)c1. The molecule has 2 fully saturated rings. The fraction of sp³-hybridized carbons (Fsp3) is 0.583. The van der Waals surface area contributed by atoms with Crippen molar-refractivity contribution >= 4 is 30.6 Å². The zero-order valence-corrected chi connectivity index (χ0v) is 30.9. The summed E-state index contributed by atoms with van der Waals surface area (Å²) in [5.41, 5.74) is 3.00. The lowest BCUT2D eigenvalue weighted by molar-refractivity contribution is 0.0848. The third kappa shape index (κ3) is 6.98. The fourth-order valence-electron chi connectivity index (χ4n) is 7.68. The summed E-state index contributed by atoms with van der Waals surface area (Å²) >= 11 is 7.07. The molecule has 47 heavy (non-hydrogen) atoms. The maximum absolute atomic E-state index is 14.7. The predicted octanol–water partition coefficient (Wildman–Crippen LogP) is 7.23. The summed E-state index contributed by atoms with van der Waals surface area (Å²) in [6.45, 7) is 18.0. The van der Waals surface area contributed by atoms with Crippen LogP contribution in [0.15, 0.2) is 41.6 Å². The third-order valence-electron chi connectivity index (χ3n) is 10.0. The van der Waals surface area contributed by atoms with E-state index < -0.39 is 8.07 Å². The van der Waals surface area contributed by atoms with E-state index in [-0.39, 0.29) is 11.0 Å². The molecule has 0 bridgehead atoms. The number of likely N-dealkylation sites (tertiary alicyclic amines) is 1. The molecule has 1 aliphatic heterocycles. The summed E-state index contributed by atoms with van der Waals surface area (Å²) in [7, 11) is 0.720. The molecule has 0 N–H and O–H groups in total. The fourth-order valence-corrected chi connectivity index (χ4v) is 8.67. The Labute approximate surface area is 284 Å². The highest BCUT2D eigenvalue weighted by molar-refractivity contribution is 6.76. The van der Waals surface area contributed by atoms with Gasteiger partial charge in [0.05, 0.1) is 22.7 Å². The molecule has 3 aromatic heterocycles. The van der Waals surface area contributed by atoms with Crippen LogP contribution in [0.25, 0.3) is 16.6 Å². The molecule has 1 saturated heterocycles. The van der Waals surface area contributed by atoms with Crippen molar-refractivity contribution in [1.29, 1.82) is 0 Å². The summed E-state index contributed by atoms with van der Waals surface area (Å²) in [6.07, 6.45) is 7.86. The molecule has 2 aliphatic rings. The molecule has 254 valence electrons. The first-order valence-electron chi connectivity index (χ1n) is 17.2. The van der Waals surface area contributed by atoms with Gasteiger partial charge in [-0.1, -0.05) is 45.1 Å². The van der Waals surface area contributed by atoms with Crippen LogP contribution in [-0.4, -0.2) is 63.2 Å². The Morgan fingerprint density at radius 3 is 2.55 bits per heavy atom. The number of hydrogen-bond donors (Lipinski definition) is 0. The van der Waals surface area contributed by atoms with Crippen molar-refractivity contribution in [1.82, 2.24) is 28.8 Å². The molecule has 4 heterocycles. The van der Waals surface area contributed by atoms with Crippen LogP contribution >= 0.6 is 11.6 Å². The average Bonchev–Trinajstić information content (AvgIpc) is 3.58. The molecule has 0 radical (unpaired) electrons. The van der Waals surface area contributed by atoms with Crippen molar-refractivity contribution in [3.63, 3.8) is 0 Å². The lowest BCUT2D eigenvalue weighted by atomic mass is 9.58. The number of fused-ring (bicyclic) bond motifs is 1. The van der Waals surface area contributed by atoms with Gasteiger partial charge in [0.15, 0.2) is 0 Å². The minimum Gasteiger partial charge on any atom is -0.494 e. The van der Waals surface area contributed by atoms with E-state index in [1.807, 2.05) is 24.6 Å². The number of pyridine rings is 1. The lowest BCUT2D eigenvalue weighted by Crippen LogP contribution is -2.43. The van der Waals surface area contributed by atoms with Gasteiger partial charge in [0, 0.05) is 58.2 Å². The zero-order chi connectivity index (χ0) is 33.5. The summed E-state index contributed by atoms with van der Waals surface area (Å²) in [5, 5.41) is 10.1. The number of rotatable bonds is 12.